The zero-order chi connectivity index (χ0) is 67.3. The van der Waals surface area contributed by atoms with Gasteiger partial charge in [0.1, 0.15) is 184 Å². The average Bonchev–Trinajstić information content (AvgIpc) is 0.779. The zero-order valence-electron chi connectivity index (χ0n) is 52.9. The second-order valence-corrected chi connectivity index (χ2v) is 25.4. The van der Waals surface area contributed by atoms with Crippen LogP contribution in [0.2, 0.25) is 0 Å². The predicted molar refractivity (Wildman–Crippen MR) is 313 cm³/mol. The molecule has 0 aliphatic carbocycles. The Kier molecular flexibility index (Phi) is 23.1. The Morgan fingerprint density at radius 2 is 0.409 bits per heavy atom. The molecular weight excluding hydrogens is 1240 g/mol. The van der Waals surface area contributed by atoms with Crippen LogP contribution in [0.3, 0.4) is 0 Å². The Morgan fingerprint density at radius 3 is 0.581 bits per heavy atom. The van der Waals surface area contributed by atoms with Gasteiger partial charge in [-0.25, -0.2) is 0 Å². The third-order valence-corrected chi connectivity index (χ3v) is 18.1. The van der Waals surface area contributed by atoms with Crippen molar-refractivity contribution >= 4 is 0 Å². The van der Waals surface area contributed by atoms with Gasteiger partial charge in [0.15, 0.2) is 37.7 Å². The number of aliphatic hydroxyl groups is 15. The van der Waals surface area contributed by atoms with Crippen LogP contribution in [0.5, 0.6) is 17.2 Å². The van der Waals surface area contributed by atoms with Crippen LogP contribution >= 0.6 is 0 Å². The molecule has 25 rings (SSSR count). The third-order valence-electron chi connectivity index (χ3n) is 18.1. The Bertz CT molecular complexity index is 2900. The van der Waals surface area contributed by atoms with E-state index in [1.54, 1.807) is 41.5 Å². The highest BCUT2D eigenvalue weighted by Crippen LogP contribution is 2.40. The number of ether oxygens (including phenoxy) is 15. The molecule has 0 radical (unpaired) electrons. The highest BCUT2D eigenvalue weighted by Gasteiger charge is 2.59. The topological polar surface area (TPSA) is 442 Å². The van der Waals surface area contributed by atoms with Crippen molar-refractivity contribution in [1.29, 1.82) is 0 Å². The molecule has 22 fully saturated rings. The van der Waals surface area contributed by atoms with E-state index in [-0.39, 0.29) is 0 Å². The Morgan fingerprint density at radius 1 is 0.247 bits per heavy atom. The molecule has 0 unspecified atom stereocenters. The van der Waals surface area contributed by atoms with Gasteiger partial charge in [-0.3, -0.25) is 0 Å². The van der Waals surface area contributed by atoms with E-state index < -0.39 is 224 Å². The van der Waals surface area contributed by atoms with Crippen molar-refractivity contribution in [2.75, 3.05) is 39.6 Å². The summed E-state index contributed by atoms with van der Waals surface area (Å²) in [5.41, 5.74) is 6.87. The number of hydrogen-bond acceptors (Lipinski definition) is 30. The van der Waals surface area contributed by atoms with Crippen molar-refractivity contribution in [2.24, 2.45) is 0 Å². The van der Waals surface area contributed by atoms with Crippen molar-refractivity contribution in [3.8, 4) is 17.2 Å². The first-order valence-electron chi connectivity index (χ1n) is 31.1. The van der Waals surface area contributed by atoms with E-state index >= 15 is 0 Å². The molecule has 12 bridgehead atoms. The van der Waals surface area contributed by atoms with E-state index in [1.165, 1.54) is 0 Å². The fourth-order valence-electron chi connectivity index (χ4n) is 13.6. The second kappa shape index (κ2) is 30.0. The van der Waals surface area contributed by atoms with E-state index in [2.05, 4.69) is 0 Å². The fraction of sp³-hybridized carbons (Fsp3) is 0.714. The van der Waals surface area contributed by atoms with Crippen LogP contribution in [0.4, 0.5) is 0 Å². The quantitative estimate of drug-likeness (QED) is 0.0821. The maximum atomic E-state index is 12.2. The van der Waals surface area contributed by atoms with E-state index in [0.29, 0.717) is 50.6 Å². The van der Waals surface area contributed by atoms with Crippen LogP contribution in [0.15, 0.2) is 36.4 Å². The van der Waals surface area contributed by atoms with Gasteiger partial charge in [0.05, 0.1) is 19.8 Å². The molecule has 22 aliphatic heterocycles. The minimum atomic E-state index is -2.16. The van der Waals surface area contributed by atoms with Gasteiger partial charge in [-0.15, -0.1) is 0 Å². The Balaban J connectivity index is 1.01. The monoisotopic (exact) mass is 1330 g/mol. The predicted octanol–water partition coefficient (Wildman–Crippen LogP) is -4.02. The first-order chi connectivity index (χ1) is 44.1. The Labute approximate surface area is 536 Å². The van der Waals surface area contributed by atoms with Crippen molar-refractivity contribution in [3.05, 3.63) is 86.5 Å². The van der Waals surface area contributed by atoms with Gasteiger partial charge >= 0.3 is 0 Å². The van der Waals surface area contributed by atoms with Crippen LogP contribution < -0.4 is 14.2 Å². The van der Waals surface area contributed by atoms with Gasteiger partial charge < -0.3 is 148 Å². The van der Waals surface area contributed by atoms with E-state index in [0.717, 1.165) is 16.7 Å². The summed E-state index contributed by atoms with van der Waals surface area (Å²) < 4.78 is 92.8. The number of hydrogen-bond donors (Lipinski definition) is 15. The normalized spacial score (nSPS) is 42.6. The highest BCUT2D eigenvalue weighted by molar-refractivity contribution is 5.45. The molecule has 30 heteroatoms. The summed E-state index contributed by atoms with van der Waals surface area (Å²) in [5.74, 6) is 1.16. The molecule has 0 amide bonds. The van der Waals surface area contributed by atoms with Gasteiger partial charge in [0.25, 0.3) is 0 Å². The van der Waals surface area contributed by atoms with Gasteiger partial charge in [-0.1, -0.05) is 53.1 Å². The zero-order valence-corrected chi connectivity index (χ0v) is 52.9. The van der Waals surface area contributed by atoms with Crippen molar-refractivity contribution in [2.45, 2.75) is 247 Å². The van der Waals surface area contributed by atoms with E-state index in [1.807, 2.05) is 57.2 Å². The number of benzene rings is 3. The molecule has 3 aromatic carbocycles. The molecular formula is C63H90O30. The lowest BCUT2D eigenvalue weighted by atomic mass is 9.94. The summed E-state index contributed by atoms with van der Waals surface area (Å²) >= 11 is 0. The fourth-order valence-corrected chi connectivity index (χ4v) is 13.6. The summed E-state index contributed by atoms with van der Waals surface area (Å²) in [7, 11) is 0. The van der Waals surface area contributed by atoms with Crippen molar-refractivity contribution in [1.82, 2.24) is 0 Å². The highest BCUT2D eigenvalue weighted by atomic mass is 16.8. The van der Waals surface area contributed by atoms with E-state index in [4.69, 9.17) is 71.1 Å². The minimum absolute atomic E-state index is 0.381. The van der Waals surface area contributed by atoms with Crippen LogP contribution in [0, 0.1) is 62.3 Å². The molecule has 93 heavy (non-hydrogen) atoms. The third kappa shape index (κ3) is 14.9. The minimum Gasteiger partial charge on any atom is -0.490 e. The van der Waals surface area contributed by atoms with Crippen molar-refractivity contribution in [3.63, 3.8) is 0 Å². The van der Waals surface area contributed by atoms with Gasteiger partial charge in [0.2, 0.25) is 0 Å². The number of aliphatic hydroxyl groups excluding tert-OH is 15. The summed E-state index contributed by atoms with van der Waals surface area (Å²) in [6.45, 7) is 11.9. The standard InChI is InChI=1S/C63H90O30/c1-22-10-25(4)49(26(5)11-22)79-19-34-55-40(70)46(76)61(85-34)89-53-32(17-65)82-58(43(73)37(53)67)88-52-31(16-64)83-59(44(74)38(52)68)92-56-35(20-80-50-27(6)12-23(2)13-28(50)7)87-63(48(78)42(56)72)93-57-36(21-81-51-29(8)14-24(3)15-30(51)9)86-62(47(77)41(57)71)90-54-33(18-66)84-60(91-55)45(75)39(54)69/h10-15,31-48,52-78H,16-21H2,1-9H3/t31-,32-,33-,34-,35-,36-,37-,38-,39-,40-,41-,42-,43-,44-,45-,46-,47-,48-,52-,53-,54-,55-,56-,57-,58-,59-,60-,61-,62-,63-/m1/s1. The van der Waals surface area contributed by atoms with Crippen LogP contribution in [-0.4, -0.2) is 300 Å². The molecule has 30 atom stereocenters. The summed E-state index contributed by atoms with van der Waals surface area (Å²) in [5, 5.41) is 175. The second-order valence-electron chi connectivity index (χ2n) is 25.4. The van der Waals surface area contributed by atoms with Gasteiger partial charge in [-0.05, 0) is 95.7 Å². The number of rotatable bonds is 12. The van der Waals surface area contributed by atoms with Gasteiger partial charge in [-0.2, -0.15) is 0 Å². The lowest BCUT2D eigenvalue weighted by molar-refractivity contribution is -0.403. The molecule has 22 heterocycles. The SMILES string of the molecule is Cc1cc(C)c(OC[C@H]2O[C@@H]3O[C@H]4[C@H](O)[C@@H](O)[C@@H](O[C@H]5[C@H](O)[C@@H](O)[C@@H](O[C@H]6[C@H](O)[C@@H](O)[C@@H](O[C@H]7[C@H](O)[C@@H](O)[C@@H](O[C@H]8[C@H](O)[C@@H](O)[C@@H](O[C@H]2[C@H](O)[C@H]3O)O[C@@H]8CO)O[C@@H]7COc2c(C)cc(C)cc2C)O[C@@H]6COc2c(C)cc(C)cc2C)O[C@@H]5CO)O[C@@H]4CO)c(C)c1. The van der Waals surface area contributed by atoms with E-state index in [9.17, 15) is 76.6 Å². The van der Waals surface area contributed by atoms with Gasteiger partial charge in [0, 0.05) is 0 Å². The largest absolute Gasteiger partial charge is 0.490 e. The van der Waals surface area contributed by atoms with Crippen LogP contribution in [0.1, 0.15) is 50.1 Å². The lowest BCUT2D eigenvalue weighted by Gasteiger charge is -2.50. The molecule has 30 nitrogen and oxygen atoms in total. The maximum Gasteiger partial charge on any atom is 0.187 e. The maximum absolute atomic E-state index is 12.2. The molecule has 0 saturated carbocycles. The number of aryl methyl sites for hydroxylation is 9. The summed E-state index contributed by atoms with van der Waals surface area (Å²) in [4.78, 5) is 0. The molecule has 522 valence electrons. The summed E-state index contributed by atoms with van der Waals surface area (Å²) in [6.07, 6.45) is -57.8. The molecule has 0 aromatic heterocycles. The molecule has 3 aromatic rings. The average molecular weight is 1330 g/mol. The van der Waals surface area contributed by atoms with Crippen LogP contribution in [-0.2, 0) is 56.8 Å². The van der Waals surface area contributed by atoms with Crippen LogP contribution in [0.25, 0.3) is 0 Å². The van der Waals surface area contributed by atoms with Crippen molar-refractivity contribution < 1.29 is 148 Å². The first kappa shape index (κ1) is 71.7. The first-order valence-corrected chi connectivity index (χ1v) is 31.1. The lowest BCUT2D eigenvalue weighted by Crippen LogP contribution is -2.69. The molecule has 0 spiro atoms. The molecule has 22 aliphatic rings. The molecule has 22 saturated heterocycles. The molecule has 15 N–H and O–H groups in total. The Hall–Kier alpha value is -4.02. The summed E-state index contributed by atoms with van der Waals surface area (Å²) in [6, 6.07) is 11.1. The smallest absolute Gasteiger partial charge is 0.187 e.